The fourth-order valence-electron chi connectivity index (χ4n) is 5.10. The number of hydrogen-bond acceptors (Lipinski definition) is 8. The van der Waals surface area contributed by atoms with Gasteiger partial charge in [0.15, 0.2) is 5.13 Å². The van der Waals surface area contributed by atoms with Crippen LogP contribution in [0.3, 0.4) is 0 Å². The van der Waals surface area contributed by atoms with Gasteiger partial charge >= 0.3 is 5.97 Å². The number of thioether (sulfide) groups is 1. The second-order valence-corrected chi connectivity index (χ2v) is 11.8. The van der Waals surface area contributed by atoms with Gasteiger partial charge in [0.2, 0.25) is 11.8 Å². The molecule has 1 aromatic heterocycles. The molecule has 0 bridgehead atoms. The molecule has 170 valence electrons. The smallest absolute Gasteiger partial charge is 0.327 e. The van der Waals surface area contributed by atoms with Crippen LogP contribution in [0.15, 0.2) is 5.38 Å². The van der Waals surface area contributed by atoms with Gasteiger partial charge in [-0.3, -0.25) is 9.59 Å². The van der Waals surface area contributed by atoms with Gasteiger partial charge < -0.3 is 26.2 Å². The van der Waals surface area contributed by atoms with Crippen LogP contribution in [-0.2, 0) is 14.4 Å². The standard InChI is InChI=1S/C20H28N4O5S2/c1-20(2)15(18(28)29)24-16(27)14(17(24)31-20)23-13(26)6-4-9-3-5-10(25)7-11(9)12-8-30-19(21)22-12/h8-11,14-15,17,25H,3-7H2,1-2H3,(H2,21,22)(H,23,26)(H,28,29)/t9?,10-,11+,14+,15-,17+/m0/s1. The number of nitrogens with one attached hydrogen (secondary N) is 1. The highest BCUT2D eigenvalue weighted by molar-refractivity contribution is 8.01. The number of aliphatic carboxylic acids is 1. The van der Waals surface area contributed by atoms with Crippen LogP contribution in [0.4, 0.5) is 5.13 Å². The topological polar surface area (TPSA) is 146 Å². The van der Waals surface area contributed by atoms with Crippen molar-refractivity contribution in [1.82, 2.24) is 15.2 Å². The third kappa shape index (κ3) is 4.14. The van der Waals surface area contributed by atoms with Crippen LogP contribution in [-0.4, -0.2) is 66.2 Å². The maximum Gasteiger partial charge on any atom is 0.327 e. The maximum absolute atomic E-state index is 12.6. The van der Waals surface area contributed by atoms with Crippen LogP contribution < -0.4 is 11.1 Å². The molecule has 31 heavy (non-hydrogen) atoms. The van der Waals surface area contributed by atoms with Crippen molar-refractivity contribution in [2.45, 2.75) is 80.2 Å². The minimum atomic E-state index is -1.02. The van der Waals surface area contributed by atoms with Crippen molar-refractivity contribution in [3.05, 3.63) is 11.1 Å². The van der Waals surface area contributed by atoms with E-state index in [0.717, 1.165) is 12.1 Å². The van der Waals surface area contributed by atoms with E-state index in [2.05, 4.69) is 10.3 Å². The van der Waals surface area contributed by atoms with Crippen molar-refractivity contribution < 1.29 is 24.6 Å². The average Bonchev–Trinajstić information content (AvgIpc) is 3.23. The van der Waals surface area contributed by atoms with E-state index in [0.29, 0.717) is 24.4 Å². The number of thiazole rings is 1. The summed E-state index contributed by atoms with van der Waals surface area (Å²) in [6.45, 7) is 3.62. The van der Waals surface area contributed by atoms with E-state index in [1.165, 1.54) is 28.0 Å². The van der Waals surface area contributed by atoms with Gasteiger partial charge in [0.05, 0.1) is 11.8 Å². The lowest BCUT2D eigenvalue weighted by atomic mass is 9.74. The highest BCUT2D eigenvalue weighted by Crippen LogP contribution is 2.50. The fraction of sp³-hybridized carbons (Fsp3) is 0.700. The SMILES string of the molecule is CC1(C)S[C@@H]2[C@H](NC(=O)CCC3CC[C@H](O)C[C@H]3c3csc(N)n3)C(=O)N2[C@H]1C(=O)O. The largest absolute Gasteiger partial charge is 0.480 e. The molecular weight excluding hydrogens is 440 g/mol. The number of nitrogens with two attached hydrogens (primary N) is 1. The van der Waals surface area contributed by atoms with Crippen LogP contribution in [0, 0.1) is 5.92 Å². The summed E-state index contributed by atoms with van der Waals surface area (Å²) in [5.41, 5.74) is 6.65. The first-order valence-corrected chi connectivity index (χ1v) is 12.3. The number of aromatic nitrogens is 1. The molecule has 2 amide bonds. The summed E-state index contributed by atoms with van der Waals surface area (Å²) in [4.78, 5) is 42.5. The van der Waals surface area contributed by atoms with Gasteiger partial charge in [-0.2, -0.15) is 0 Å². The van der Waals surface area contributed by atoms with E-state index in [1.54, 1.807) is 0 Å². The number of aliphatic hydroxyl groups excluding tert-OH is 1. The Morgan fingerprint density at radius 1 is 1.39 bits per heavy atom. The monoisotopic (exact) mass is 468 g/mol. The number of amides is 2. The molecule has 0 aromatic carbocycles. The molecule has 9 nitrogen and oxygen atoms in total. The van der Waals surface area contributed by atoms with E-state index in [4.69, 9.17) is 5.73 Å². The Morgan fingerprint density at radius 3 is 2.77 bits per heavy atom. The summed E-state index contributed by atoms with van der Waals surface area (Å²) in [6.07, 6.45) is 2.63. The number of aliphatic hydroxyl groups is 1. The lowest BCUT2D eigenvalue weighted by molar-refractivity contribution is -0.161. The zero-order valence-electron chi connectivity index (χ0n) is 17.5. The van der Waals surface area contributed by atoms with Crippen molar-refractivity contribution in [1.29, 1.82) is 0 Å². The van der Waals surface area contributed by atoms with Gasteiger partial charge in [-0.15, -0.1) is 23.1 Å². The molecule has 1 saturated carbocycles. The fourth-order valence-corrected chi connectivity index (χ4v) is 7.35. The van der Waals surface area contributed by atoms with Crippen molar-refractivity contribution in [2.24, 2.45) is 5.92 Å². The maximum atomic E-state index is 12.6. The van der Waals surface area contributed by atoms with E-state index in [9.17, 15) is 24.6 Å². The van der Waals surface area contributed by atoms with E-state index in [1.807, 2.05) is 19.2 Å². The van der Waals surface area contributed by atoms with Crippen LogP contribution in [0.25, 0.3) is 0 Å². The molecule has 2 aliphatic heterocycles. The van der Waals surface area contributed by atoms with Gasteiger partial charge in [0.1, 0.15) is 17.5 Å². The number of β-lactam (4-membered cyclic amide) rings is 1. The molecule has 1 aliphatic carbocycles. The Bertz CT molecular complexity index is 891. The number of nitrogen functional groups attached to an aromatic ring is 1. The molecule has 1 aromatic rings. The van der Waals surface area contributed by atoms with Gasteiger partial charge in [0, 0.05) is 22.5 Å². The van der Waals surface area contributed by atoms with Gasteiger partial charge in [-0.1, -0.05) is 0 Å². The Balaban J connectivity index is 1.34. The molecule has 4 rings (SSSR count). The quantitative estimate of drug-likeness (QED) is 0.458. The summed E-state index contributed by atoms with van der Waals surface area (Å²) in [5.74, 6) is -1.29. The molecule has 1 unspecified atom stereocenters. The number of carboxylic acid groups (broad SMARTS) is 1. The Kier molecular flexibility index (Phi) is 5.95. The third-order valence-corrected chi connectivity index (χ3v) is 8.88. The molecule has 5 N–H and O–H groups in total. The van der Waals surface area contributed by atoms with Gasteiger partial charge in [0.25, 0.3) is 0 Å². The van der Waals surface area contributed by atoms with Gasteiger partial charge in [-0.05, 0) is 45.4 Å². The summed E-state index contributed by atoms with van der Waals surface area (Å²) in [7, 11) is 0. The number of fused-ring (bicyclic) bond motifs is 1. The second-order valence-electron chi connectivity index (χ2n) is 9.13. The predicted molar refractivity (Wildman–Crippen MR) is 118 cm³/mol. The number of carbonyl (C=O) groups excluding carboxylic acids is 2. The number of carbonyl (C=O) groups is 3. The zero-order valence-corrected chi connectivity index (χ0v) is 19.1. The third-order valence-electron chi connectivity index (χ3n) is 6.62. The molecule has 0 spiro atoms. The molecule has 3 fully saturated rings. The molecule has 3 heterocycles. The van der Waals surface area contributed by atoms with Crippen LogP contribution >= 0.6 is 23.1 Å². The summed E-state index contributed by atoms with van der Waals surface area (Å²) >= 11 is 2.79. The Labute approximate surface area is 188 Å². The highest BCUT2D eigenvalue weighted by Gasteiger charge is 2.64. The van der Waals surface area contributed by atoms with E-state index < -0.39 is 22.8 Å². The Hall–Kier alpha value is -1.85. The first-order valence-electron chi connectivity index (χ1n) is 10.5. The Morgan fingerprint density at radius 2 is 2.13 bits per heavy atom. The van der Waals surface area contributed by atoms with Crippen molar-refractivity contribution in [3.8, 4) is 0 Å². The average molecular weight is 469 g/mol. The highest BCUT2D eigenvalue weighted by atomic mass is 32.2. The van der Waals surface area contributed by atoms with Gasteiger partial charge in [-0.25, -0.2) is 9.78 Å². The minimum Gasteiger partial charge on any atom is -0.480 e. The van der Waals surface area contributed by atoms with E-state index >= 15 is 0 Å². The van der Waals surface area contributed by atoms with Crippen LogP contribution in [0.2, 0.25) is 0 Å². The number of rotatable bonds is 6. The molecule has 3 aliphatic rings. The summed E-state index contributed by atoms with van der Waals surface area (Å²) < 4.78 is -0.614. The summed E-state index contributed by atoms with van der Waals surface area (Å²) in [6, 6.07) is -1.56. The molecule has 2 saturated heterocycles. The van der Waals surface area contributed by atoms with E-state index in [-0.39, 0.29) is 41.5 Å². The van der Waals surface area contributed by atoms with Crippen molar-refractivity contribution >= 4 is 46.0 Å². The molecule has 6 atom stereocenters. The second kappa shape index (κ2) is 8.25. The van der Waals surface area contributed by atoms with Crippen LogP contribution in [0.1, 0.15) is 57.6 Å². The zero-order chi connectivity index (χ0) is 22.5. The number of carboxylic acids is 1. The lowest BCUT2D eigenvalue weighted by Crippen LogP contribution is -2.70. The molecule has 11 heteroatoms. The van der Waals surface area contributed by atoms with Crippen molar-refractivity contribution in [3.63, 3.8) is 0 Å². The molecular formula is C20H28N4O5S2. The number of anilines is 1. The molecule has 0 radical (unpaired) electrons. The first-order chi connectivity index (χ1) is 14.6. The number of nitrogens with zero attached hydrogens (tertiary/aromatic N) is 2. The number of hydrogen-bond donors (Lipinski definition) is 4. The van der Waals surface area contributed by atoms with Crippen molar-refractivity contribution in [2.75, 3.05) is 5.73 Å². The first kappa shape index (κ1) is 22.3. The minimum absolute atomic E-state index is 0.0634. The normalized spacial score (nSPS) is 34.2. The van der Waals surface area contributed by atoms with Crippen LogP contribution in [0.5, 0.6) is 0 Å². The summed E-state index contributed by atoms with van der Waals surface area (Å²) in [5, 5.41) is 24.5. The predicted octanol–water partition coefficient (Wildman–Crippen LogP) is 1.38. The lowest BCUT2D eigenvalue weighted by Gasteiger charge is -2.43.